The van der Waals surface area contributed by atoms with Gasteiger partial charge in [-0.05, 0) is 52.8 Å². The number of pyridine rings is 1. The monoisotopic (exact) mass is 371 g/mol. The Hall–Kier alpha value is -2.41. The highest BCUT2D eigenvalue weighted by molar-refractivity contribution is 5.98. The summed E-state index contributed by atoms with van der Waals surface area (Å²) in [4.78, 5) is 21.3. The first-order chi connectivity index (χ1) is 12.8. The van der Waals surface area contributed by atoms with Crippen LogP contribution >= 0.6 is 0 Å². The van der Waals surface area contributed by atoms with Crippen LogP contribution in [0, 0.1) is 13.8 Å². The molecule has 2 aromatic heterocycles. The van der Waals surface area contributed by atoms with Crippen LogP contribution in [0.25, 0.3) is 0 Å². The van der Waals surface area contributed by atoms with E-state index >= 15 is 0 Å². The number of fused-ring (bicyclic) bond motifs is 1. The van der Waals surface area contributed by atoms with Crippen molar-refractivity contribution in [3.05, 3.63) is 39.8 Å². The first-order valence-electron chi connectivity index (χ1n) is 9.38. The summed E-state index contributed by atoms with van der Waals surface area (Å²) >= 11 is 0. The van der Waals surface area contributed by atoms with Crippen molar-refractivity contribution in [1.29, 1.82) is 0 Å². The minimum Gasteiger partial charge on any atom is -0.481 e. The van der Waals surface area contributed by atoms with Crippen LogP contribution in [-0.2, 0) is 19.5 Å². The number of carbonyl (C=O) groups is 1. The second-order valence-corrected chi connectivity index (χ2v) is 7.58. The number of rotatable bonds is 7. The van der Waals surface area contributed by atoms with Crippen LogP contribution in [0.5, 0.6) is 5.88 Å². The van der Waals surface area contributed by atoms with Crippen LogP contribution in [0.4, 0.5) is 0 Å². The molecule has 1 N–H and O–H groups in total. The van der Waals surface area contributed by atoms with E-state index in [1.54, 1.807) is 7.11 Å². The zero-order chi connectivity index (χ0) is 19.7. The standard InChI is InChI=1S/C20H29N5O2/c1-12(2)25-11-18-17(20(25)26)9-15(19(21-18)27-6)10-24(5)8-7-16-13(3)22-23-14(16)4/h9,12H,7-8,10-11H2,1-6H3,(H,22,23). The van der Waals surface area contributed by atoms with Crippen molar-refractivity contribution in [2.75, 3.05) is 20.7 Å². The summed E-state index contributed by atoms with van der Waals surface area (Å²) in [6, 6.07) is 2.11. The lowest BCUT2D eigenvalue weighted by atomic mass is 10.1. The Labute approximate surface area is 160 Å². The number of nitrogens with one attached hydrogen (secondary N) is 1. The molecule has 1 aliphatic heterocycles. The van der Waals surface area contributed by atoms with Crippen molar-refractivity contribution in [2.24, 2.45) is 0 Å². The molecule has 146 valence electrons. The molecular formula is C20H29N5O2. The number of H-pyrrole nitrogens is 1. The van der Waals surface area contributed by atoms with Crippen LogP contribution in [0.1, 0.15) is 52.4 Å². The number of aromatic amines is 1. The molecule has 27 heavy (non-hydrogen) atoms. The fourth-order valence-electron chi connectivity index (χ4n) is 3.59. The molecule has 0 fully saturated rings. The highest BCUT2D eigenvalue weighted by Gasteiger charge is 2.31. The maximum Gasteiger partial charge on any atom is 0.256 e. The third kappa shape index (κ3) is 3.83. The summed E-state index contributed by atoms with van der Waals surface area (Å²) in [5.41, 5.74) is 5.90. The molecule has 3 heterocycles. The highest BCUT2D eigenvalue weighted by Crippen LogP contribution is 2.29. The number of methoxy groups -OCH3 is 1. The molecule has 1 amide bonds. The van der Waals surface area contributed by atoms with Crippen molar-refractivity contribution in [3.63, 3.8) is 0 Å². The number of hydrogen-bond donors (Lipinski definition) is 1. The van der Waals surface area contributed by atoms with Gasteiger partial charge in [-0.1, -0.05) is 0 Å². The normalized spacial score (nSPS) is 13.8. The summed E-state index contributed by atoms with van der Waals surface area (Å²) < 4.78 is 5.51. The molecule has 0 spiro atoms. The number of ether oxygens (including phenoxy) is 1. The summed E-state index contributed by atoms with van der Waals surface area (Å²) in [7, 11) is 3.70. The third-order valence-corrected chi connectivity index (χ3v) is 5.23. The molecule has 0 saturated heterocycles. The van der Waals surface area contributed by atoms with Crippen LogP contribution in [0.2, 0.25) is 0 Å². The summed E-state index contributed by atoms with van der Waals surface area (Å²) in [5.74, 6) is 0.665. The van der Waals surface area contributed by atoms with Gasteiger partial charge in [0, 0.05) is 30.4 Å². The van der Waals surface area contributed by atoms with E-state index < -0.39 is 0 Å². The minimum absolute atomic E-state index is 0.0590. The van der Waals surface area contributed by atoms with E-state index in [2.05, 4.69) is 34.1 Å². The van der Waals surface area contributed by atoms with Crippen molar-refractivity contribution in [1.82, 2.24) is 25.0 Å². The Balaban J connectivity index is 1.74. The molecule has 0 aromatic carbocycles. The van der Waals surface area contributed by atoms with E-state index in [1.807, 2.05) is 31.7 Å². The Kier molecular flexibility index (Phi) is 5.51. The van der Waals surface area contributed by atoms with E-state index in [9.17, 15) is 4.79 Å². The third-order valence-electron chi connectivity index (χ3n) is 5.23. The van der Waals surface area contributed by atoms with E-state index in [0.29, 0.717) is 24.5 Å². The molecule has 0 atom stereocenters. The summed E-state index contributed by atoms with van der Waals surface area (Å²) in [5, 5.41) is 7.29. The number of aryl methyl sites for hydroxylation is 2. The fourth-order valence-corrected chi connectivity index (χ4v) is 3.59. The van der Waals surface area contributed by atoms with Crippen LogP contribution < -0.4 is 4.74 Å². The lowest BCUT2D eigenvalue weighted by molar-refractivity contribution is 0.0730. The number of amides is 1. The van der Waals surface area contributed by atoms with Crippen molar-refractivity contribution in [3.8, 4) is 5.88 Å². The van der Waals surface area contributed by atoms with Crippen LogP contribution in [0.3, 0.4) is 0 Å². The predicted molar refractivity (Wildman–Crippen MR) is 104 cm³/mol. The Morgan fingerprint density at radius 3 is 2.70 bits per heavy atom. The molecule has 0 aliphatic carbocycles. The van der Waals surface area contributed by atoms with Gasteiger partial charge in [-0.25, -0.2) is 4.98 Å². The molecule has 0 radical (unpaired) electrons. The second kappa shape index (κ2) is 7.68. The van der Waals surface area contributed by atoms with Crippen molar-refractivity contribution < 1.29 is 9.53 Å². The molecular weight excluding hydrogens is 342 g/mol. The molecule has 7 heteroatoms. The second-order valence-electron chi connectivity index (χ2n) is 7.58. The average molecular weight is 371 g/mol. The van der Waals surface area contributed by atoms with E-state index in [4.69, 9.17) is 4.74 Å². The van der Waals surface area contributed by atoms with Gasteiger partial charge in [-0.3, -0.25) is 9.89 Å². The predicted octanol–water partition coefficient (Wildman–Crippen LogP) is 2.47. The molecule has 2 aromatic rings. The van der Waals surface area contributed by atoms with E-state index in [0.717, 1.165) is 35.6 Å². The Morgan fingerprint density at radius 2 is 2.11 bits per heavy atom. The maximum atomic E-state index is 12.7. The lowest BCUT2D eigenvalue weighted by Gasteiger charge is -2.19. The van der Waals surface area contributed by atoms with E-state index in [1.165, 1.54) is 5.56 Å². The van der Waals surface area contributed by atoms with Gasteiger partial charge in [0.05, 0.1) is 30.6 Å². The number of nitrogens with zero attached hydrogens (tertiary/aromatic N) is 4. The first-order valence-corrected chi connectivity index (χ1v) is 9.38. The van der Waals surface area contributed by atoms with Gasteiger partial charge in [0.1, 0.15) is 0 Å². The van der Waals surface area contributed by atoms with Gasteiger partial charge >= 0.3 is 0 Å². The smallest absolute Gasteiger partial charge is 0.256 e. The zero-order valence-corrected chi connectivity index (χ0v) is 17.1. The van der Waals surface area contributed by atoms with Crippen molar-refractivity contribution in [2.45, 2.75) is 53.2 Å². The zero-order valence-electron chi connectivity index (χ0n) is 17.1. The molecule has 1 aliphatic rings. The van der Waals surface area contributed by atoms with Gasteiger partial charge in [-0.2, -0.15) is 5.10 Å². The molecule has 0 unspecified atom stereocenters. The largest absolute Gasteiger partial charge is 0.481 e. The first kappa shape index (κ1) is 19.4. The van der Waals surface area contributed by atoms with Gasteiger partial charge in [0.25, 0.3) is 5.91 Å². The van der Waals surface area contributed by atoms with Gasteiger partial charge < -0.3 is 14.5 Å². The topological polar surface area (TPSA) is 74.3 Å². The Bertz CT molecular complexity index is 824. The van der Waals surface area contributed by atoms with Crippen molar-refractivity contribution >= 4 is 5.91 Å². The minimum atomic E-state index is 0.0590. The quantitative estimate of drug-likeness (QED) is 0.809. The summed E-state index contributed by atoms with van der Waals surface area (Å²) in [6.07, 6.45) is 0.922. The number of hydrogen-bond acceptors (Lipinski definition) is 5. The maximum absolute atomic E-state index is 12.7. The molecule has 7 nitrogen and oxygen atoms in total. The van der Waals surface area contributed by atoms with Gasteiger partial charge in [0.2, 0.25) is 5.88 Å². The lowest BCUT2D eigenvalue weighted by Crippen LogP contribution is -2.30. The number of likely N-dealkylation sites (N-methyl/N-ethyl adjacent to an activating group) is 1. The SMILES string of the molecule is COc1nc2c(cc1CN(C)CCc1c(C)n[nH]c1C)C(=O)N(C(C)C)C2. The van der Waals surface area contributed by atoms with E-state index in [-0.39, 0.29) is 11.9 Å². The fraction of sp³-hybridized carbons (Fsp3) is 0.550. The Morgan fingerprint density at radius 1 is 1.37 bits per heavy atom. The summed E-state index contributed by atoms with van der Waals surface area (Å²) in [6.45, 7) is 10.2. The molecule has 0 saturated carbocycles. The van der Waals surface area contributed by atoms with Crippen LogP contribution in [-0.4, -0.2) is 57.6 Å². The number of carbonyl (C=O) groups excluding carboxylic acids is 1. The average Bonchev–Trinajstić information content (AvgIpc) is 3.12. The molecule has 3 rings (SSSR count). The number of aromatic nitrogens is 3. The highest BCUT2D eigenvalue weighted by atomic mass is 16.5. The van der Waals surface area contributed by atoms with Crippen LogP contribution in [0.15, 0.2) is 6.07 Å². The van der Waals surface area contributed by atoms with Gasteiger partial charge in [-0.15, -0.1) is 0 Å². The molecule has 0 bridgehead atoms. The van der Waals surface area contributed by atoms with Gasteiger partial charge in [0.15, 0.2) is 0 Å².